The summed E-state index contributed by atoms with van der Waals surface area (Å²) in [5.74, 6) is -0.829. The number of benzene rings is 1. The molecule has 47 heavy (non-hydrogen) atoms. The van der Waals surface area contributed by atoms with Gasteiger partial charge in [0.25, 0.3) is 5.91 Å². The van der Waals surface area contributed by atoms with Crippen molar-refractivity contribution in [2.75, 3.05) is 0 Å². The molecule has 3 fully saturated rings. The number of halogens is 1. The summed E-state index contributed by atoms with van der Waals surface area (Å²) >= 11 is 6.05. The second-order valence-corrected chi connectivity index (χ2v) is 17.5. The van der Waals surface area contributed by atoms with Crippen LogP contribution in [0, 0.1) is 62.7 Å². The normalized spacial score (nSPS) is 38.6. The van der Waals surface area contributed by atoms with Gasteiger partial charge in [-0.25, -0.2) is 4.85 Å². The number of hydrogen-bond donors (Lipinski definition) is 1. The van der Waals surface area contributed by atoms with Crippen LogP contribution in [0.5, 0.6) is 0 Å². The Hall–Kier alpha value is -3.48. The summed E-state index contributed by atoms with van der Waals surface area (Å²) in [6.45, 7) is 23.0. The van der Waals surface area contributed by atoms with Gasteiger partial charge in [0.2, 0.25) is 5.70 Å². The Labute approximate surface area is 284 Å². The van der Waals surface area contributed by atoms with Crippen LogP contribution >= 0.6 is 11.6 Å². The van der Waals surface area contributed by atoms with Gasteiger partial charge in [-0.3, -0.25) is 9.59 Å². The maximum absolute atomic E-state index is 14.8. The Morgan fingerprint density at radius 2 is 1.68 bits per heavy atom. The molecular formula is C40H46ClN3O3. The van der Waals surface area contributed by atoms with Crippen LogP contribution < -0.4 is 5.32 Å². The van der Waals surface area contributed by atoms with Gasteiger partial charge in [0, 0.05) is 27.3 Å². The molecular weight excluding hydrogens is 606 g/mol. The predicted octanol–water partition coefficient (Wildman–Crippen LogP) is 8.69. The summed E-state index contributed by atoms with van der Waals surface area (Å²) in [4.78, 5) is 45.7. The summed E-state index contributed by atoms with van der Waals surface area (Å²) in [7, 11) is 0. The fourth-order valence-corrected chi connectivity index (χ4v) is 11.1. The third kappa shape index (κ3) is 4.81. The van der Waals surface area contributed by atoms with Gasteiger partial charge in [-0.1, -0.05) is 83.8 Å². The highest BCUT2D eigenvalue weighted by atomic mass is 35.5. The van der Waals surface area contributed by atoms with Crippen LogP contribution in [-0.2, 0) is 14.4 Å². The van der Waals surface area contributed by atoms with Crippen molar-refractivity contribution in [3.63, 3.8) is 0 Å². The van der Waals surface area contributed by atoms with Crippen molar-refractivity contribution < 1.29 is 14.4 Å². The smallest absolute Gasteiger partial charge is 0.262 e. The third-order valence-corrected chi connectivity index (χ3v) is 14.0. The minimum atomic E-state index is -0.705. The van der Waals surface area contributed by atoms with Gasteiger partial charge in [0.15, 0.2) is 11.6 Å². The fourth-order valence-electron chi connectivity index (χ4n) is 11.0. The average Bonchev–Trinajstić information content (AvgIpc) is 3.00. The molecule has 0 bridgehead atoms. The molecule has 6 nitrogen and oxygen atoms in total. The first-order chi connectivity index (χ1) is 21.9. The Balaban J connectivity index is 1.43. The lowest BCUT2D eigenvalue weighted by atomic mass is 9.35. The molecule has 246 valence electrons. The van der Waals surface area contributed by atoms with Gasteiger partial charge in [-0.05, 0) is 103 Å². The van der Waals surface area contributed by atoms with Gasteiger partial charge >= 0.3 is 0 Å². The molecule has 0 radical (unpaired) electrons. The average molecular weight is 652 g/mol. The Bertz CT molecular complexity index is 1750. The van der Waals surface area contributed by atoms with Crippen LogP contribution in [0.1, 0.15) is 99.0 Å². The maximum atomic E-state index is 14.8. The van der Waals surface area contributed by atoms with Gasteiger partial charge in [0.05, 0.1) is 6.57 Å². The number of rotatable bonds is 3. The molecule has 0 heterocycles. The largest absolute Gasteiger partial charge is 0.346 e. The molecule has 6 rings (SSSR count). The first-order valence-electron chi connectivity index (χ1n) is 17.0. The van der Waals surface area contributed by atoms with Crippen LogP contribution in [0.4, 0.5) is 0 Å². The second-order valence-electron chi connectivity index (χ2n) is 17.1. The summed E-state index contributed by atoms with van der Waals surface area (Å²) in [5, 5.41) is 14.0. The first-order valence-corrected chi connectivity index (χ1v) is 17.4. The van der Waals surface area contributed by atoms with Crippen LogP contribution in [-0.4, -0.2) is 23.0 Å². The molecule has 0 unspecified atom stereocenters. The van der Waals surface area contributed by atoms with Crippen molar-refractivity contribution in [3.05, 3.63) is 75.3 Å². The minimum Gasteiger partial charge on any atom is -0.346 e. The van der Waals surface area contributed by atoms with Gasteiger partial charge in [-0.15, -0.1) is 0 Å². The van der Waals surface area contributed by atoms with Crippen LogP contribution in [0.2, 0.25) is 5.02 Å². The summed E-state index contributed by atoms with van der Waals surface area (Å²) in [6, 6.07) is 9.14. The number of amides is 1. The molecule has 5 aliphatic rings. The number of fused-ring (bicyclic) bond motifs is 7. The molecule has 1 aromatic rings. The molecule has 1 N–H and O–H groups in total. The SMILES string of the molecule is [C-]#[N+]C1=C[C@]2(C)C3=CC(=O)[C@@H]4[C@@H]5CC(C)(C)CC[C@]5(NC(=O)/C(C#N)=C/c5ccc(Cl)cc5)CC[C@@]4(C)[C@]3(C)CC[C@H]2C(C)(C)C1=O. The highest BCUT2D eigenvalue weighted by Gasteiger charge is 2.70. The zero-order chi connectivity index (χ0) is 34.4. The molecule has 7 atom stereocenters. The van der Waals surface area contributed by atoms with Crippen LogP contribution in [0.3, 0.4) is 0 Å². The van der Waals surface area contributed by atoms with E-state index in [1.54, 1.807) is 30.3 Å². The predicted molar refractivity (Wildman–Crippen MR) is 183 cm³/mol. The van der Waals surface area contributed by atoms with Gasteiger partial charge in [-0.2, -0.15) is 5.26 Å². The van der Waals surface area contributed by atoms with E-state index >= 15 is 0 Å². The molecule has 7 heteroatoms. The van der Waals surface area contributed by atoms with Crippen molar-refractivity contribution in [3.8, 4) is 6.07 Å². The summed E-state index contributed by atoms with van der Waals surface area (Å²) in [5.41, 5.74) is -0.632. The molecule has 0 aromatic heterocycles. The zero-order valence-electron chi connectivity index (χ0n) is 28.7. The number of nitriles is 1. The van der Waals surface area contributed by atoms with E-state index < -0.39 is 22.3 Å². The maximum Gasteiger partial charge on any atom is 0.262 e. The number of nitrogens with zero attached hydrogens (tertiary/aromatic N) is 2. The fraction of sp³-hybridized carbons (Fsp3) is 0.575. The molecule has 0 saturated heterocycles. The third-order valence-electron chi connectivity index (χ3n) is 13.7. The number of nitrogens with one attached hydrogen (secondary N) is 1. The molecule has 5 aliphatic carbocycles. The van der Waals surface area contributed by atoms with E-state index in [4.69, 9.17) is 18.2 Å². The van der Waals surface area contributed by atoms with Crippen LogP contribution in [0.15, 0.2) is 53.3 Å². The number of carbonyl (C=O) groups excluding carboxylic acids is 3. The highest BCUT2D eigenvalue weighted by molar-refractivity contribution is 6.30. The monoisotopic (exact) mass is 651 g/mol. The van der Waals surface area contributed by atoms with Gasteiger partial charge in [0.1, 0.15) is 11.6 Å². The molecule has 0 aliphatic heterocycles. The molecule has 0 spiro atoms. The molecule has 1 amide bonds. The lowest BCUT2D eigenvalue weighted by Gasteiger charge is -2.69. The number of carbonyl (C=O) groups is 3. The number of hydrogen-bond acceptors (Lipinski definition) is 4. The Kier molecular flexibility index (Phi) is 7.65. The lowest BCUT2D eigenvalue weighted by Crippen LogP contribution is -2.69. The van der Waals surface area contributed by atoms with Crippen LogP contribution in [0.25, 0.3) is 10.9 Å². The van der Waals surface area contributed by atoms with Crippen molar-refractivity contribution in [1.29, 1.82) is 5.26 Å². The van der Waals surface area contributed by atoms with Gasteiger partial charge < -0.3 is 10.1 Å². The van der Waals surface area contributed by atoms with Crippen molar-refractivity contribution in [2.24, 2.45) is 44.8 Å². The van der Waals surface area contributed by atoms with Crippen molar-refractivity contribution in [1.82, 2.24) is 5.32 Å². The first kappa shape index (κ1) is 33.4. The number of Topliss-reactive ketones (excluding diaryl/α,β-unsaturated/α-hetero) is 1. The van der Waals surface area contributed by atoms with E-state index in [1.807, 2.05) is 26.0 Å². The van der Waals surface area contributed by atoms with E-state index in [9.17, 15) is 19.6 Å². The van der Waals surface area contributed by atoms with E-state index in [0.717, 1.165) is 56.1 Å². The van der Waals surface area contributed by atoms with E-state index in [-0.39, 0.29) is 56.8 Å². The topological polar surface area (TPSA) is 91.4 Å². The zero-order valence-corrected chi connectivity index (χ0v) is 29.5. The Morgan fingerprint density at radius 3 is 2.32 bits per heavy atom. The minimum absolute atomic E-state index is 0.00677. The molecule has 3 saturated carbocycles. The van der Waals surface area contributed by atoms with Crippen molar-refractivity contribution >= 4 is 35.2 Å². The lowest BCUT2D eigenvalue weighted by molar-refractivity contribution is -0.163. The van der Waals surface area contributed by atoms with Crippen molar-refractivity contribution in [2.45, 2.75) is 99.0 Å². The quantitative estimate of drug-likeness (QED) is 0.201. The van der Waals surface area contributed by atoms with E-state index in [1.165, 1.54) is 0 Å². The Morgan fingerprint density at radius 1 is 1.02 bits per heavy atom. The summed E-state index contributed by atoms with van der Waals surface area (Å²) in [6.07, 6.45) is 11.0. The number of ketones is 2. The second kappa shape index (κ2) is 10.8. The standard InChI is InChI=1S/C40H46ClN3O3/c1-35(2)15-17-40(44-34(47)25(23-42)19-24-9-11-26(41)12-10-24)18-16-39(7)32(27(40)21-35)29(45)20-31-37(5)22-28(43-8)33(46)36(3,4)30(37)13-14-38(31,39)6/h9-12,19-20,22,27,30,32H,13-18,21H2,1-7H3,(H,44,47)/b25-19+/t27-,30-,32-,37-,38+,39+,40-/m0/s1. The summed E-state index contributed by atoms with van der Waals surface area (Å²) < 4.78 is 0. The molecule has 1 aromatic carbocycles. The van der Waals surface area contributed by atoms with E-state index in [2.05, 4.69) is 50.8 Å². The number of allylic oxidation sites excluding steroid dienone is 4. The highest BCUT2D eigenvalue weighted by Crippen LogP contribution is 2.73. The van der Waals surface area contributed by atoms with E-state index in [0.29, 0.717) is 5.02 Å².